The predicted molar refractivity (Wildman–Crippen MR) is 116 cm³/mol. The molecule has 0 saturated carbocycles. The molecule has 5 nitrogen and oxygen atoms in total. The Morgan fingerprint density at radius 1 is 1.03 bits per heavy atom. The molecule has 0 aliphatic rings. The number of aromatic nitrogens is 2. The van der Waals surface area contributed by atoms with E-state index in [9.17, 15) is 4.79 Å². The second-order valence-electron chi connectivity index (χ2n) is 7.20. The molecule has 4 rings (SSSR count). The van der Waals surface area contributed by atoms with Gasteiger partial charge in [-0.2, -0.15) is 0 Å². The van der Waals surface area contributed by atoms with E-state index in [0.717, 1.165) is 22.4 Å². The molecule has 0 radical (unpaired) electrons. The molecule has 1 heterocycles. The molecule has 0 fully saturated rings. The number of rotatable bonds is 5. The highest BCUT2D eigenvalue weighted by molar-refractivity contribution is 6.30. The van der Waals surface area contributed by atoms with Crippen LogP contribution in [0.25, 0.3) is 22.4 Å². The molecular weight excluding hydrogens is 386 g/mol. The average Bonchev–Trinajstić information content (AvgIpc) is 3.14. The van der Waals surface area contributed by atoms with Crippen LogP contribution in [0, 0.1) is 0 Å². The molecule has 1 aromatic heterocycles. The first-order chi connectivity index (χ1) is 13.9. The number of para-hydroxylation sites is 2. The molecule has 4 aromatic rings. The molecule has 0 bridgehead atoms. The number of anilines is 1. The van der Waals surface area contributed by atoms with Crippen molar-refractivity contribution in [2.45, 2.75) is 19.4 Å². The summed E-state index contributed by atoms with van der Waals surface area (Å²) in [6.07, 6.45) is 0. The summed E-state index contributed by atoms with van der Waals surface area (Å²) in [6.45, 7) is 3.44. The third-order valence-corrected chi connectivity index (χ3v) is 4.77. The van der Waals surface area contributed by atoms with Crippen molar-refractivity contribution >= 4 is 34.2 Å². The number of hydrogen-bond acceptors (Lipinski definition) is 3. The van der Waals surface area contributed by atoms with Crippen LogP contribution < -0.4 is 10.1 Å². The number of carbonyl (C=O) groups excluding carboxylic acids is 1. The molecule has 6 heteroatoms. The summed E-state index contributed by atoms with van der Waals surface area (Å²) in [5, 5.41) is 3.54. The minimum Gasteiger partial charge on any atom is -0.478 e. The van der Waals surface area contributed by atoms with E-state index in [4.69, 9.17) is 16.3 Å². The third-order valence-electron chi connectivity index (χ3n) is 4.52. The Morgan fingerprint density at radius 2 is 1.79 bits per heavy atom. The van der Waals surface area contributed by atoms with Gasteiger partial charge in [-0.25, -0.2) is 4.98 Å². The maximum Gasteiger partial charge on any atom is 0.267 e. The topological polar surface area (TPSA) is 67.0 Å². The van der Waals surface area contributed by atoms with Gasteiger partial charge < -0.3 is 15.0 Å². The van der Waals surface area contributed by atoms with Crippen LogP contribution in [0.2, 0.25) is 5.02 Å². The zero-order valence-corrected chi connectivity index (χ0v) is 16.8. The highest BCUT2D eigenvalue weighted by Gasteiger charge is 2.30. The van der Waals surface area contributed by atoms with E-state index in [0.29, 0.717) is 16.5 Å². The van der Waals surface area contributed by atoms with Crippen molar-refractivity contribution in [1.29, 1.82) is 0 Å². The molecule has 0 aliphatic heterocycles. The lowest BCUT2D eigenvalue weighted by molar-refractivity contribution is -0.128. The maximum absolute atomic E-state index is 12.8. The molecular formula is C23H20ClN3O2. The predicted octanol–water partition coefficient (Wildman–Crippen LogP) is 5.68. The molecule has 0 unspecified atom stereocenters. The quantitative estimate of drug-likeness (QED) is 0.449. The first-order valence-electron chi connectivity index (χ1n) is 9.22. The molecule has 0 atom stereocenters. The van der Waals surface area contributed by atoms with Crippen LogP contribution in [0.15, 0.2) is 72.8 Å². The Hall–Kier alpha value is -3.31. The summed E-state index contributed by atoms with van der Waals surface area (Å²) in [7, 11) is 0. The lowest BCUT2D eigenvalue weighted by Crippen LogP contribution is -2.42. The van der Waals surface area contributed by atoms with E-state index in [2.05, 4.69) is 15.3 Å². The highest BCUT2D eigenvalue weighted by Crippen LogP contribution is 2.25. The van der Waals surface area contributed by atoms with Gasteiger partial charge in [0, 0.05) is 16.3 Å². The number of carbonyl (C=O) groups is 1. The SMILES string of the molecule is CC(C)(Oc1ccc(Cl)cc1)C(=O)Nc1cccc(-c2nc3ccccc3[nH]2)c1. The number of hydrogen-bond donors (Lipinski definition) is 2. The summed E-state index contributed by atoms with van der Waals surface area (Å²) in [5.74, 6) is 1.07. The van der Waals surface area contributed by atoms with Crippen molar-refractivity contribution < 1.29 is 9.53 Å². The number of nitrogens with one attached hydrogen (secondary N) is 2. The lowest BCUT2D eigenvalue weighted by atomic mass is 10.1. The Bertz CT molecular complexity index is 1130. The largest absolute Gasteiger partial charge is 0.478 e. The van der Waals surface area contributed by atoms with Crippen LogP contribution in [0.4, 0.5) is 5.69 Å². The van der Waals surface area contributed by atoms with Crippen molar-refractivity contribution in [1.82, 2.24) is 9.97 Å². The number of fused-ring (bicyclic) bond motifs is 1. The van der Waals surface area contributed by atoms with Crippen molar-refractivity contribution in [3.05, 3.63) is 77.8 Å². The lowest BCUT2D eigenvalue weighted by Gasteiger charge is -2.25. The Labute approximate surface area is 173 Å². The average molecular weight is 406 g/mol. The smallest absolute Gasteiger partial charge is 0.267 e. The van der Waals surface area contributed by atoms with Crippen molar-refractivity contribution in [3.8, 4) is 17.1 Å². The van der Waals surface area contributed by atoms with Gasteiger partial charge in [-0.05, 0) is 62.4 Å². The van der Waals surface area contributed by atoms with E-state index in [1.54, 1.807) is 38.1 Å². The van der Waals surface area contributed by atoms with E-state index in [1.807, 2.05) is 48.5 Å². The Balaban J connectivity index is 1.52. The molecule has 2 N–H and O–H groups in total. The van der Waals surface area contributed by atoms with Crippen LogP contribution >= 0.6 is 11.6 Å². The van der Waals surface area contributed by atoms with E-state index < -0.39 is 5.60 Å². The van der Waals surface area contributed by atoms with Gasteiger partial charge in [-0.3, -0.25) is 4.79 Å². The van der Waals surface area contributed by atoms with Crippen molar-refractivity contribution in [2.24, 2.45) is 0 Å². The normalized spacial score (nSPS) is 11.4. The second-order valence-corrected chi connectivity index (χ2v) is 7.64. The highest BCUT2D eigenvalue weighted by atomic mass is 35.5. The fourth-order valence-corrected chi connectivity index (χ4v) is 3.08. The van der Waals surface area contributed by atoms with Gasteiger partial charge in [0.1, 0.15) is 11.6 Å². The first-order valence-corrected chi connectivity index (χ1v) is 9.60. The number of amides is 1. The van der Waals surface area contributed by atoms with Crippen molar-refractivity contribution in [3.63, 3.8) is 0 Å². The van der Waals surface area contributed by atoms with Crippen LogP contribution in [0.5, 0.6) is 5.75 Å². The minimum absolute atomic E-state index is 0.255. The third kappa shape index (κ3) is 4.25. The van der Waals surface area contributed by atoms with Gasteiger partial charge in [-0.1, -0.05) is 35.9 Å². The van der Waals surface area contributed by atoms with Crippen LogP contribution in [0.3, 0.4) is 0 Å². The number of ether oxygens (including phenoxy) is 1. The first kappa shape index (κ1) is 19.0. The van der Waals surface area contributed by atoms with E-state index >= 15 is 0 Å². The maximum atomic E-state index is 12.8. The molecule has 146 valence electrons. The van der Waals surface area contributed by atoms with Crippen molar-refractivity contribution in [2.75, 3.05) is 5.32 Å². The van der Waals surface area contributed by atoms with Gasteiger partial charge >= 0.3 is 0 Å². The Kier molecular flexibility index (Phi) is 4.99. The summed E-state index contributed by atoms with van der Waals surface area (Å²) in [4.78, 5) is 20.7. The molecule has 1 amide bonds. The van der Waals surface area contributed by atoms with Crippen LogP contribution in [0.1, 0.15) is 13.8 Å². The second kappa shape index (κ2) is 7.60. The van der Waals surface area contributed by atoms with Gasteiger partial charge in [0.15, 0.2) is 5.60 Å². The minimum atomic E-state index is -1.07. The monoisotopic (exact) mass is 405 g/mol. The van der Waals surface area contributed by atoms with E-state index in [1.165, 1.54) is 0 Å². The molecule has 29 heavy (non-hydrogen) atoms. The zero-order valence-electron chi connectivity index (χ0n) is 16.1. The number of imidazole rings is 1. The molecule has 0 spiro atoms. The number of H-pyrrole nitrogens is 1. The molecule has 0 aliphatic carbocycles. The van der Waals surface area contributed by atoms with E-state index in [-0.39, 0.29) is 5.91 Å². The van der Waals surface area contributed by atoms with Crippen LogP contribution in [-0.2, 0) is 4.79 Å². The summed E-state index contributed by atoms with van der Waals surface area (Å²) < 4.78 is 5.86. The number of nitrogens with zero attached hydrogens (tertiary/aromatic N) is 1. The van der Waals surface area contributed by atoms with Gasteiger partial charge in [0.2, 0.25) is 0 Å². The zero-order chi connectivity index (χ0) is 20.4. The summed E-state index contributed by atoms with van der Waals surface area (Å²) in [6, 6.07) is 22.3. The van der Waals surface area contributed by atoms with Gasteiger partial charge in [0.05, 0.1) is 11.0 Å². The number of halogens is 1. The van der Waals surface area contributed by atoms with Gasteiger partial charge in [-0.15, -0.1) is 0 Å². The van der Waals surface area contributed by atoms with Gasteiger partial charge in [0.25, 0.3) is 5.91 Å². The number of benzene rings is 3. The van der Waals surface area contributed by atoms with Crippen LogP contribution in [-0.4, -0.2) is 21.5 Å². The summed E-state index contributed by atoms with van der Waals surface area (Å²) in [5.41, 5.74) is 2.35. The molecule has 3 aromatic carbocycles. The Morgan fingerprint density at radius 3 is 2.55 bits per heavy atom. The molecule has 0 saturated heterocycles. The number of aromatic amines is 1. The standard InChI is InChI=1S/C23H20ClN3O2/c1-23(2,29-18-12-10-16(24)11-13-18)22(28)25-17-7-5-6-15(14-17)21-26-19-8-3-4-9-20(19)27-21/h3-14H,1-2H3,(H,25,28)(H,26,27). The fourth-order valence-electron chi connectivity index (χ4n) is 2.96. The fraction of sp³-hybridized carbons (Fsp3) is 0.130. The summed E-state index contributed by atoms with van der Waals surface area (Å²) >= 11 is 5.90.